The maximum Gasteiger partial charge on any atom is 0.0726 e. The second-order valence-corrected chi connectivity index (χ2v) is 18.3. The second-order valence-electron chi connectivity index (χ2n) is 17.2. The van der Waals surface area contributed by atoms with Crippen LogP contribution in [-0.2, 0) is 10.8 Å². The molecule has 0 saturated carbocycles. The number of thiophene rings is 1. The van der Waals surface area contributed by atoms with Crippen LogP contribution in [0.1, 0.15) is 47.2 Å². The zero-order chi connectivity index (χ0) is 39.7. The molecule has 0 atom stereocenters. The van der Waals surface area contributed by atoms with Crippen molar-refractivity contribution in [3.63, 3.8) is 0 Å². The van der Waals surface area contributed by atoms with E-state index in [1.54, 1.807) is 0 Å². The summed E-state index contributed by atoms with van der Waals surface area (Å²) < 4.78 is 2.65. The van der Waals surface area contributed by atoms with Gasteiger partial charge in [-0.25, -0.2) is 0 Å². The van der Waals surface area contributed by atoms with Crippen molar-refractivity contribution in [2.24, 2.45) is 0 Å². The minimum Gasteiger partial charge on any atom is -0.310 e. The molecule has 10 aromatic rings. The van der Waals surface area contributed by atoms with Gasteiger partial charge in [0.15, 0.2) is 0 Å². The summed E-state index contributed by atoms with van der Waals surface area (Å²) in [5.41, 5.74) is 21.4. The van der Waals surface area contributed by atoms with E-state index in [2.05, 4.69) is 219 Å². The van der Waals surface area contributed by atoms with Crippen molar-refractivity contribution in [3.8, 4) is 44.5 Å². The van der Waals surface area contributed by atoms with Crippen LogP contribution in [-0.4, -0.2) is 0 Å². The Hall–Kier alpha value is -7.00. The zero-order valence-corrected chi connectivity index (χ0v) is 34.2. The van der Waals surface area contributed by atoms with Crippen LogP contribution >= 0.6 is 11.3 Å². The van der Waals surface area contributed by atoms with E-state index in [-0.39, 0.29) is 5.41 Å². The Bertz CT molecular complexity index is 3390. The molecule has 0 bridgehead atoms. The topological polar surface area (TPSA) is 3.24 Å². The summed E-state index contributed by atoms with van der Waals surface area (Å²) >= 11 is 1.87. The van der Waals surface area contributed by atoms with E-state index >= 15 is 0 Å². The Balaban J connectivity index is 1.07. The first-order valence-electron chi connectivity index (χ1n) is 21.0. The van der Waals surface area contributed by atoms with Gasteiger partial charge in [-0.1, -0.05) is 166 Å². The second kappa shape index (κ2) is 12.3. The molecule has 0 N–H and O–H groups in total. The highest BCUT2D eigenvalue weighted by Crippen LogP contribution is 2.65. The summed E-state index contributed by atoms with van der Waals surface area (Å²) in [5, 5.41) is 2.64. The van der Waals surface area contributed by atoms with E-state index in [4.69, 9.17) is 0 Å². The minimum atomic E-state index is -0.428. The van der Waals surface area contributed by atoms with E-state index in [9.17, 15) is 0 Å². The van der Waals surface area contributed by atoms with Gasteiger partial charge in [0.1, 0.15) is 0 Å². The molecular weight excluding hydrogens is 743 g/mol. The monoisotopic (exact) mass is 781 g/mol. The molecule has 0 saturated heterocycles. The molecule has 1 nitrogen and oxygen atoms in total. The lowest BCUT2D eigenvalue weighted by Crippen LogP contribution is -2.26. The summed E-state index contributed by atoms with van der Waals surface area (Å²) in [6.45, 7) is 4.76. The number of anilines is 3. The van der Waals surface area contributed by atoms with E-state index in [1.165, 1.54) is 104 Å². The molecule has 13 rings (SSSR count). The largest absolute Gasteiger partial charge is 0.310 e. The van der Waals surface area contributed by atoms with Crippen LogP contribution in [0.2, 0.25) is 0 Å². The maximum atomic E-state index is 2.54. The number of nitrogens with zero attached hydrogens (tertiary/aromatic N) is 1. The Morgan fingerprint density at radius 2 is 0.917 bits per heavy atom. The van der Waals surface area contributed by atoms with E-state index < -0.39 is 5.41 Å². The van der Waals surface area contributed by atoms with Gasteiger partial charge in [0.25, 0.3) is 0 Å². The number of fused-ring (bicyclic) bond motifs is 16. The van der Waals surface area contributed by atoms with Gasteiger partial charge < -0.3 is 4.90 Å². The molecule has 1 aromatic heterocycles. The lowest BCUT2D eigenvalue weighted by atomic mass is 9.70. The van der Waals surface area contributed by atoms with Crippen LogP contribution in [0.4, 0.5) is 17.1 Å². The van der Waals surface area contributed by atoms with Gasteiger partial charge in [-0.05, 0) is 121 Å². The van der Waals surface area contributed by atoms with Crippen LogP contribution in [0.5, 0.6) is 0 Å². The smallest absolute Gasteiger partial charge is 0.0726 e. The van der Waals surface area contributed by atoms with Crippen LogP contribution < -0.4 is 4.90 Å². The van der Waals surface area contributed by atoms with Crippen LogP contribution in [0.3, 0.4) is 0 Å². The average molecular weight is 782 g/mol. The van der Waals surface area contributed by atoms with Crippen molar-refractivity contribution in [2.45, 2.75) is 24.7 Å². The number of hydrogen-bond acceptors (Lipinski definition) is 2. The fourth-order valence-electron chi connectivity index (χ4n) is 11.3. The SMILES string of the molecule is CC1(C)c2ccccc2-c2ccc(N(c3cccc(-c4ccc5sc6ccccc6c5c4)c3)c3cccc4c3-c3ccccc3C43c4ccccc4-c4ccccc43)cc21. The van der Waals surface area contributed by atoms with Crippen LogP contribution in [0.15, 0.2) is 200 Å². The predicted octanol–water partition coefficient (Wildman–Crippen LogP) is 15.8. The van der Waals surface area contributed by atoms with Crippen LogP contribution in [0.25, 0.3) is 64.7 Å². The van der Waals surface area contributed by atoms with Gasteiger partial charge >= 0.3 is 0 Å². The fraction of sp³-hybridized carbons (Fsp3) is 0.0690. The maximum absolute atomic E-state index is 2.54. The van der Waals surface area contributed by atoms with E-state index in [0.717, 1.165) is 11.4 Å². The molecule has 2 heteroatoms. The van der Waals surface area contributed by atoms with Gasteiger partial charge in [0.2, 0.25) is 0 Å². The van der Waals surface area contributed by atoms with E-state index in [1.807, 2.05) is 11.3 Å². The summed E-state index contributed by atoms with van der Waals surface area (Å²) in [6.07, 6.45) is 0. The van der Waals surface area contributed by atoms with Gasteiger partial charge in [-0.2, -0.15) is 0 Å². The van der Waals surface area contributed by atoms with Crippen molar-refractivity contribution in [3.05, 3.63) is 234 Å². The lowest BCUT2D eigenvalue weighted by Gasteiger charge is -2.32. The fourth-order valence-corrected chi connectivity index (χ4v) is 12.4. The first kappa shape index (κ1) is 33.9. The minimum absolute atomic E-state index is 0.138. The molecular formula is C58H39NS. The third kappa shape index (κ3) is 4.41. The summed E-state index contributed by atoms with van der Waals surface area (Å²) in [7, 11) is 0. The molecule has 3 aliphatic carbocycles. The Morgan fingerprint density at radius 3 is 1.68 bits per heavy atom. The number of hydrogen-bond donors (Lipinski definition) is 0. The molecule has 1 heterocycles. The number of benzene rings is 9. The van der Waals surface area contributed by atoms with Gasteiger partial charge in [-0.15, -0.1) is 11.3 Å². The normalized spacial score (nSPS) is 14.4. The molecule has 3 aliphatic rings. The molecule has 0 amide bonds. The predicted molar refractivity (Wildman–Crippen MR) is 253 cm³/mol. The van der Waals surface area contributed by atoms with Crippen LogP contribution in [0, 0.1) is 0 Å². The molecule has 0 radical (unpaired) electrons. The van der Waals surface area contributed by atoms with Gasteiger partial charge in [0, 0.05) is 42.5 Å². The first-order valence-corrected chi connectivity index (χ1v) is 21.8. The summed E-state index contributed by atoms with van der Waals surface area (Å²) in [5.74, 6) is 0. The Morgan fingerprint density at radius 1 is 0.367 bits per heavy atom. The summed E-state index contributed by atoms with van der Waals surface area (Å²) in [6, 6.07) is 75.5. The molecule has 60 heavy (non-hydrogen) atoms. The van der Waals surface area contributed by atoms with Crippen molar-refractivity contribution in [1.82, 2.24) is 0 Å². The lowest BCUT2D eigenvalue weighted by molar-refractivity contribution is 0.660. The molecule has 0 fully saturated rings. The highest BCUT2D eigenvalue weighted by molar-refractivity contribution is 7.25. The number of rotatable bonds is 4. The molecule has 1 spiro atoms. The quantitative estimate of drug-likeness (QED) is 0.172. The third-order valence-corrected chi connectivity index (χ3v) is 15.0. The molecule has 282 valence electrons. The standard InChI is InChI=1S/C58H39NS/c1-57(2)47-22-8-3-17-40(47)43-31-30-39(35-52(43)57)59(38-16-13-15-36(33-38)37-29-32-55-46(34-37)44-20-7-12-28-54(44)60-55)53-27-14-26-51-56(53)45-21-6-11-25-50(45)58(51)48-23-9-4-18-41(48)42-19-5-10-24-49(42)58/h3-35H,1-2H3. The van der Waals surface area contributed by atoms with Gasteiger partial charge in [0.05, 0.1) is 11.1 Å². The van der Waals surface area contributed by atoms with Gasteiger partial charge in [-0.3, -0.25) is 0 Å². The third-order valence-electron chi connectivity index (χ3n) is 13.9. The van der Waals surface area contributed by atoms with Crippen molar-refractivity contribution >= 4 is 48.6 Å². The summed E-state index contributed by atoms with van der Waals surface area (Å²) in [4.78, 5) is 2.54. The molecule has 0 unspecified atom stereocenters. The highest BCUT2D eigenvalue weighted by Gasteiger charge is 2.52. The first-order chi connectivity index (χ1) is 29.5. The Kier molecular flexibility index (Phi) is 6.94. The molecule has 9 aromatic carbocycles. The highest BCUT2D eigenvalue weighted by atomic mass is 32.1. The zero-order valence-electron chi connectivity index (χ0n) is 33.4. The van der Waals surface area contributed by atoms with Crippen molar-refractivity contribution in [1.29, 1.82) is 0 Å². The average Bonchev–Trinajstić information content (AvgIpc) is 3.99. The van der Waals surface area contributed by atoms with E-state index in [0.29, 0.717) is 0 Å². The van der Waals surface area contributed by atoms with Crippen molar-refractivity contribution < 1.29 is 0 Å². The van der Waals surface area contributed by atoms with Crippen molar-refractivity contribution in [2.75, 3.05) is 4.90 Å². The Labute approximate surface area is 354 Å². The molecule has 0 aliphatic heterocycles.